The fourth-order valence-corrected chi connectivity index (χ4v) is 3.71. The van der Waals surface area contributed by atoms with Gasteiger partial charge < -0.3 is 10.1 Å². The maximum Gasteiger partial charge on any atom is 0.122 e. The van der Waals surface area contributed by atoms with Crippen LogP contribution in [0.15, 0.2) is 42.5 Å². The van der Waals surface area contributed by atoms with Gasteiger partial charge in [-0.25, -0.2) is 0 Å². The normalized spacial score (nSPS) is 20.1. The molecule has 2 heteroatoms. The van der Waals surface area contributed by atoms with Crippen molar-refractivity contribution in [3.63, 3.8) is 0 Å². The van der Waals surface area contributed by atoms with E-state index in [0.29, 0.717) is 12.0 Å². The number of nitrogens with one attached hydrogen (secondary N) is 1. The third-order valence-corrected chi connectivity index (χ3v) is 4.79. The zero-order valence-corrected chi connectivity index (χ0v) is 12.4. The first kappa shape index (κ1) is 12.9. The first-order valence-corrected chi connectivity index (χ1v) is 7.93. The van der Waals surface area contributed by atoms with Gasteiger partial charge in [0.05, 0.1) is 6.61 Å². The largest absolute Gasteiger partial charge is 0.493 e. The highest BCUT2D eigenvalue weighted by Crippen LogP contribution is 2.44. The summed E-state index contributed by atoms with van der Waals surface area (Å²) in [5.74, 6) is 1.67. The molecule has 0 fully saturated rings. The molecule has 2 aromatic rings. The van der Waals surface area contributed by atoms with Gasteiger partial charge >= 0.3 is 0 Å². The number of benzene rings is 2. The van der Waals surface area contributed by atoms with Gasteiger partial charge in [0.2, 0.25) is 0 Å². The van der Waals surface area contributed by atoms with E-state index in [1.807, 2.05) is 0 Å². The van der Waals surface area contributed by atoms with Crippen molar-refractivity contribution in [3.05, 3.63) is 64.7 Å². The first-order chi connectivity index (χ1) is 10.4. The smallest absolute Gasteiger partial charge is 0.122 e. The average molecular weight is 279 g/mol. The Balaban J connectivity index is 1.67. The number of hydrogen-bond acceptors (Lipinski definition) is 2. The van der Waals surface area contributed by atoms with E-state index in [4.69, 9.17) is 4.74 Å². The minimum absolute atomic E-state index is 0.413. The first-order valence-electron chi connectivity index (χ1n) is 7.93. The molecule has 1 aliphatic heterocycles. The second-order valence-corrected chi connectivity index (χ2v) is 6.01. The topological polar surface area (TPSA) is 21.3 Å². The summed E-state index contributed by atoms with van der Waals surface area (Å²) in [7, 11) is 0. The van der Waals surface area contributed by atoms with Crippen molar-refractivity contribution in [2.75, 3.05) is 13.2 Å². The molecule has 0 spiro atoms. The number of fused-ring (bicyclic) bond motifs is 2. The van der Waals surface area contributed by atoms with Crippen LogP contribution in [0.25, 0.3) is 0 Å². The molecule has 1 N–H and O–H groups in total. The molecule has 2 aromatic carbocycles. The fourth-order valence-electron chi connectivity index (χ4n) is 3.71. The van der Waals surface area contributed by atoms with Crippen molar-refractivity contribution in [1.82, 2.24) is 5.32 Å². The highest BCUT2D eigenvalue weighted by molar-refractivity contribution is 5.46. The molecule has 0 aromatic heterocycles. The van der Waals surface area contributed by atoms with Crippen LogP contribution in [0.2, 0.25) is 0 Å². The Hall–Kier alpha value is -1.80. The Labute approximate surface area is 126 Å². The molecule has 0 saturated heterocycles. The summed E-state index contributed by atoms with van der Waals surface area (Å²) in [5, 5.41) is 3.69. The molecule has 2 aliphatic rings. The SMILES string of the molecule is CCNC(c1ccc2c(c1)CCO2)C1Cc2ccccc21. The van der Waals surface area contributed by atoms with E-state index in [2.05, 4.69) is 54.7 Å². The van der Waals surface area contributed by atoms with Crippen molar-refractivity contribution in [2.24, 2.45) is 0 Å². The second kappa shape index (κ2) is 5.19. The molecular formula is C19H21NO. The summed E-state index contributed by atoms with van der Waals surface area (Å²) in [6, 6.07) is 16.0. The van der Waals surface area contributed by atoms with Gasteiger partial charge in [-0.15, -0.1) is 0 Å². The van der Waals surface area contributed by atoms with Gasteiger partial charge in [-0.05, 0) is 41.3 Å². The molecule has 21 heavy (non-hydrogen) atoms. The minimum atomic E-state index is 0.413. The molecule has 0 bridgehead atoms. The molecule has 2 atom stereocenters. The minimum Gasteiger partial charge on any atom is -0.493 e. The van der Waals surface area contributed by atoms with E-state index in [0.717, 1.165) is 25.3 Å². The average Bonchev–Trinajstić information content (AvgIpc) is 2.95. The Morgan fingerprint density at radius 1 is 1.19 bits per heavy atom. The zero-order chi connectivity index (χ0) is 14.2. The van der Waals surface area contributed by atoms with E-state index in [9.17, 15) is 0 Å². The van der Waals surface area contributed by atoms with E-state index in [1.165, 1.54) is 28.7 Å². The van der Waals surface area contributed by atoms with Gasteiger partial charge in [-0.2, -0.15) is 0 Å². The lowest BCUT2D eigenvalue weighted by Gasteiger charge is -2.37. The van der Waals surface area contributed by atoms with Crippen molar-refractivity contribution < 1.29 is 4.74 Å². The van der Waals surface area contributed by atoms with Crippen molar-refractivity contribution in [2.45, 2.75) is 31.7 Å². The van der Waals surface area contributed by atoms with Crippen LogP contribution < -0.4 is 10.1 Å². The lowest BCUT2D eigenvalue weighted by molar-refractivity contribution is 0.356. The van der Waals surface area contributed by atoms with Crippen molar-refractivity contribution in [3.8, 4) is 5.75 Å². The van der Waals surface area contributed by atoms with Crippen LogP contribution in [0.1, 0.15) is 41.1 Å². The summed E-state index contributed by atoms with van der Waals surface area (Å²) in [4.78, 5) is 0. The third kappa shape index (κ3) is 2.14. The van der Waals surface area contributed by atoms with Gasteiger partial charge in [0, 0.05) is 18.4 Å². The van der Waals surface area contributed by atoms with E-state index >= 15 is 0 Å². The molecule has 0 saturated carbocycles. The second-order valence-electron chi connectivity index (χ2n) is 6.01. The Morgan fingerprint density at radius 3 is 2.95 bits per heavy atom. The fraction of sp³-hybridized carbons (Fsp3) is 0.368. The van der Waals surface area contributed by atoms with Gasteiger partial charge in [0.25, 0.3) is 0 Å². The van der Waals surface area contributed by atoms with Gasteiger partial charge in [-0.1, -0.05) is 43.3 Å². The number of ether oxygens (including phenoxy) is 1. The van der Waals surface area contributed by atoms with Crippen LogP contribution in [0.5, 0.6) is 5.75 Å². The molecule has 1 aliphatic carbocycles. The van der Waals surface area contributed by atoms with E-state index in [-0.39, 0.29) is 0 Å². The van der Waals surface area contributed by atoms with Crippen LogP contribution in [-0.2, 0) is 12.8 Å². The quantitative estimate of drug-likeness (QED) is 0.923. The van der Waals surface area contributed by atoms with Crippen LogP contribution in [0, 0.1) is 0 Å². The predicted octanol–water partition coefficient (Wildman–Crippen LogP) is 3.61. The lowest BCUT2D eigenvalue weighted by atomic mass is 9.71. The monoisotopic (exact) mass is 279 g/mol. The number of likely N-dealkylation sites (N-methyl/N-ethyl adjacent to an activating group) is 1. The predicted molar refractivity (Wildman–Crippen MR) is 84.9 cm³/mol. The van der Waals surface area contributed by atoms with Crippen LogP contribution in [0.4, 0.5) is 0 Å². The lowest BCUT2D eigenvalue weighted by Crippen LogP contribution is -2.33. The van der Waals surface area contributed by atoms with E-state index < -0.39 is 0 Å². The summed E-state index contributed by atoms with van der Waals surface area (Å²) >= 11 is 0. The molecular weight excluding hydrogens is 258 g/mol. The van der Waals surface area contributed by atoms with E-state index in [1.54, 1.807) is 0 Å². The highest BCUT2D eigenvalue weighted by atomic mass is 16.5. The van der Waals surface area contributed by atoms with Gasteiger partial charge in [0.1, 0.15) is 5.75 Å². The maximum atomic E-state index is 5.63. The standard InChI is InChI=1S/C19H21NO/c1-2-20-19(17-12-13-5-3-4-6-16(13)17)15-7-8-18-14(11-15)9-10-21-18/h3-8,11,17,19-20H,2,9-10,12H2,1H3. The maximum absolute atomic E-state index is 5.63. The third-order valence-electron chi connectivity index (χ3n) is 4.79. The summed E-state index contributed by atoms with van der Waals surface area (Å²) < 4.78 is 5.63. The number of hydrogen-bond donors (Lipinski definition) is 1. The summed E-state index contributed by atoms with van der Waals surface area (Å²) in [6.07, 6.45) is 2.23. The van der Waals surface area contributed by atoms with Gasteiger partial charge in [0.15, 0.2) is 0 Å². The zero-order valence-electron chi connectivity index (χ0n) is 12.4. The Bertz CT molecular complexity index is 664. The molecule has 1 heterocycles. The highest BCUT2D eigenvalue weighted by Gasteiger charge is 2.33. The molecule has 108 valence electrons. The van der Waals surface area contributed by atoms with Crippen LogP contribution >= 0.6 is 0 Å². The van der Waals surface area contributed by atoms with Crippen molar-refractivity contribution in [1.29, 1.82) is 0 Å². The molecule has 0 radical (unpaired) electrons. The Morgan fingerprint density at radius 2 is 2.10 bits per heavy atom. The number of rotatable bonds is 4. The van der Waals surface area contributed by atoms with Gasteiger partial charge in [-0.3, -0.25) is 0 Å². The molecule has 2 unspecified atom stereocenters. The molecule has 0 amide bonds. The van der Waals surface area contributed by atoms with Crippen LogP contribution in [0.3, 0.4) is 0 Å². The summed E-state index contributed by atoms with van der Waals surface area (Å²) in [5.41, 5.74) is 5.79. The Kier molecular flexibility index (Phi) is 3.19. The summed E-state index contributed by atoms with van der Waals surface area (Å²) in [6.45, 7) is 4.02. The van der Waals surface area contributed by atoms with Crippen LogP contribution in [-0.4, -0.2) is 13.2 Å². The molecule has 4 rings (SSSR count). The van der Waals surface area contributed by atoms with Crippen molar-refractivity contribution >= 4 is 0 Å². The molecule has 2 nitrogen and oxygen atoms in total.